The Morgan fingerprint density at radius 1 is 0.818 bits per heavy atom. The lowest BCUT2D eigenvalue weighted by molar-refractivity contribution is -0.660. The lowest BCUT2D eigenvalue weighted by atomic mass is 9.82. The minimum atomic E-state index is -4.70. The predicted octanol–water partition coefficient (Wildman–Crippen LogP) is 10.5. The highest BCUT2D eigenvalue weighted by molar-refractivity contribution is 6.12. The summed E-state index contributed by atoms with van der Waals surface area (Å²) in [7, 11) is 1.98. The van der Waals surface area contributed by atoms with Gasteiger partial charge >= 0.3 is 6.18 Å². The number of nitrogens with zero attached hydrogens (tertiary/aromatic N) is 1. The van der Waals surface area contributed by atoms with Crippen LogP contribution in [0.5, 0.6) is 0 Å². The molecule has 2 nitrogen and oxygen atoms in total. The van der Waals surface area contributed by atoms with E-state index in [0.717, 1.165) is 63.7 Å². The first-order chi connectivity index (χ1) is 21.6. The van der Waals surface area contributed by atoms with Crippen LogP contribution in [0.15, 0.2) is 95.5 Å². The van der Waals surface area contributed by atoms with Crippen LogP contribution in [0.4, 0.5) is 13.2 Å². The van der Waals surface area contributed by atoms with E-state index in [0.29, 0.717) is 0 Å². The number of aromatic nitrogens is 1. The molecule has 2 heterocycles. The molecule has 1 aliphatic carbocycles. The molecule has 0 unspecified atom stereocenters. The van der Waals surface area contributed by atoms with Crippen molar-refractivity contribution < 1.29 is 24.9 Å². The van der Waals surface area contributed by atoms with Crippen LogP contribution in [0, 0.1) is 12.3 Å². The number of rotatable bonds is 4. The number of hydrogen-bond acceptors (Lipinski definition) is 1. The van der Waals surface area contributed by atoms with Crippen LogP contribution in [0.25, 0.3) is 55.4 Å². The van der Waals surface area contributed by atoms with Crippen molar-refractivity contribution in [3.63, 3.8) is 0 Å². The molecule has 0 spiro atoms. The molecule has 5 heteroatoms. The Balaban J connectivity index is 1.36. The maximum atomic E-state index is 13.7. The minimum absolute atomic E-state index is 0.0132. The Hall–Kier alpha value is -4.38. The number of pyridine rings is 1. The molecule has 0 saturated carbocycles. The van der Waals surface area contributed by atoms with Gasteiger partial charge in [0.05, 0.1) is 11.0 Å². The number of aryl methyl sites for hydroxylation is 2. The smallest absolute Gasteiger partial charge is 0.394 e. The first-order valence-corrected chi connectivity index (χ1v) is 14.8. The fourth-order valence-corrected chi connectivity index (χ4v) is 6.74. The molecule has 44 heavy (non-hydrogen) atoms. The normalized spacial score (nSPS) is 15.3. The van der Waals surface area contributed by atoms with Gasteiger partial charge in [-0.05, 0) is 58.3 Å². The standard InChI is InChI=1S/C39H35F3NO/c1-23-11-16-29-30-18-17-28-27-9-7-8-10-31(27)38(4,5)34(28)36(30)44-35(29)33(23)32-21-26(19-20-43(32)6)25-14-12-24(13-15-25)22-37(2,3)39(40,41)42/h7-21H,22H2,1-6H3/q+1/i22D2. The van der Waals surface area contributed by atoms with Gasteiger partial charge in [0.1, 0.15) is 18.2 Å². The summed E-state index contributed by atoms with van der Waals surface area (Å²) >= 11 is 0. The molecule has 4 aromatic carbocycles. The van der Waals surface area contributed by atoms with Crippen molar-refractivity contribution in [2.24, 2.45) is 12.5 Å². The predicted molar refractivity (Wildman–Crippen MR) is 172 cm³/mol. The molecule has 0 amide bonds. The fourth-order valence-electron chi connectivity index (χ4n) is 6.74. The van der Waals surface area contributed by atoms with Gasteiger partial charge in [-0.2, -0.15) is 13.2 Å². The van der Waals surface area contributed by atoms with Crippen molar-refractivity contribution in [2.75, 3.05) is 0 Å². The first kappa shape index (κ1) is 26.1. The summed E-state index contributed by atoms with van der Waals surface area (Å²) in [6, 6.07) is 27.5. The second kappa shape index (κ2) is 9.56. The molecular formula is C39H35F3NO+. The zero-order valence-corrected chi connectivity index (χ0v) is 25.6. The molecule has 6 aromatic rings. The zero-order chi connectivity index (χ0) is 33.0. The van der Waals surface area contributed by atoms with E-state index in [4.69, 9.17) is 7.16 Å². The average Bonchev–Trinajstić information content (AvgIpc) is 3.49. The van der Waals surface area contributed by atoms with Gasteiger partial charge in [0.2, 0.25) is 5.69 Å². The third kappa shape index (κ3) is 4.20. The molecule has 0 radical (unpaired) electrons. The SMILES string of the molecule is [2H]C([2H])(c1ccc(-c2cc[n+](C)c(-c3c(C)ccc4c3oc3c5c(ccc34)-c3ccccc3C5(C)C)c2)cc1)C(C)(C)C(F)(F)F. The number of fused-ring (bicyclic) bond motifs is 7. The van der Waals surface area contributed by atoms with E-state index in [-0.39, 0.29) is 11.0 Å². The molecule has 0 aliphatic heterocycles. The van der Waals surface area contributed by atoms with Crippen LogP contribution in [-0.4, -0.2) is 6.18 Å². The molecule has 0 fully saturated rings. The van der Waals surface area contributed by atoms with Crippen LogP contribution in [0.1, 0.15) is 52.7 Å². The maximum absolute atomic E-state index is 13.7. The van der Waals surface area contributed by atoms with Gasteiger partial charge in [-0.25, -0.2) is 4.57 Å². The lowest BCUT2D eigenvalue weighted by Crippen LogP contribution is -2.34. The summed E-state index contributed by atoms with van der Waals surface area (Å²) in [6.45, 7) is 8.37. The Kier molecular flexibility index (Phi) is 5.66. The summed E-state index contributed by atoms with van der Waals surface area (Å²) in [5.74, 6) is 0. The number of halogens is 3. The van der Waals surface area contributed by atoms with Crippen molar-refractivity contribution in [3.8, 4) is 33.5 Å². The van der Waals surface area contributed by atoms with Gasteiger partial charge in [-0.1, -0.05) is 94.4 Å². The van der Waals surface area contributed by atoms with Crippen LogP contribution in [0.2, 0.25) is 0 Å². The molecule has 0 saturated heterocycles. The molecule has 1 aliphatic rings. The zero-order valence-electron chi connectivity index (χ0n) is 27.6. The first-order valence-electron chi connectivity index (χ1n) is 15.8. The Bertz CT molecular complexity index is 2190. The average molecular weight is 593 g/mol. The quantitative estimate of drug-likeness (QED) is 0.186. The van der Waals surface area contributed by atoms with E-state index < -0.39 is 18.0 Å². The summed E-state index contributed by atoms with van der Waals surface area (Å²) < 4.78 is 66.9. The Labute approximate surface area is 258 Å². The molecule has 0 bridgehead atoms. The van der Waals surface area contributed by atoms with Crippen LogP contribution in [0.3, 0.4) is 0 Å². The largest absolute Gasteiger partial charge is 0.455 e. The van der Waals surface area contributed by atoms with E-state index in [1.54, 1.807) is 12.1 Å². The van der Waals surface area contributed by atoms with Crippen LogP contribution in [-0.2, 0) is 18.8 Å². The minimum Gasteiger partial charge on any atom is -0.455 e. The van der Waals surface area contributed by atoms with Gasteiger partial charge in [0.25, 0.3) is 0 Å². The van der Waals surface area contributed by atoms with Crippen molar-refractivity contribution in [2.45, 2.75) is 52.6 Å². The van der Waals surface area contributed by atoms with E-state index >= 15 is 0 Å². The monoisotopic (exact) mass is 592 g/mol. The van der Waals surface area contributed by atoms with Gasteiger partial charge in [0.15, 0.2) is 6.20 Å². The van der Waals surface area contributed by atoms with Crippen LogP contribution < -0.4 is 4.57 Å². The van der Waals surface area contributed by atoms with Gasteiger partial charge in [-0.15, -0.1) is 0 Å². The number of hydrogen-bond donors (Lipinski definition) is 0. The third-order valence-corrected chi connectivity index (χ3v) is 9.32. The van der Waals surface area contributed by atoms with Gasteiger partial charge in [-0.3, -0.25) is 0 Å². The highest BCUT2D eigenvalue weighted by Gasteiger charge is 2.47. The van der Waals surface area contributed by atoms with E-state index in [9.17, 15) is 13.2 Å². The molecular weight excluding hydrogens is 555 g/mol. The highest BCUT2D eigenvalue weighted by atomic mass is 19.4. The molecule has 0 atom stereocenters. The highest BCUT2D eigenvalue weighted by Crippen LogP contribution is 2.53. The van der Waals surface area contributed by atoms with Gasteiger partial charge in [0, 0.05) is 36.6 Å². The maximum Gasteiger partial charge on any atom is 0.394 e. The topological polar surface area (TPSA) is 17.0 Å². The Morgan fingerprint density at radius 3 is 2.23 bits per heavy atom. The van der Waals surface area contributed by atoms with Crippen LogP contribution >= 0.6 is 0 Å². The molecule has 2 aromatic heterocycles. The number of alkyl halides is 3. The van der Waals surface area contributed by atoms with Crippen molar-refractivity contribution >= 4 is 21.9 Å². The third-order valence-electron chi connectivity index (χ3n) is 9.32. The summed E-state index contributed by atoms with van der Waals surface area (Å²) in [5.41, 5.74) is 8.41. The Morgan fingerprint density at radius 2 is 1.50 bits per heavy atom. The van der Waals surface area contributed by atoms with E-state index in [1.165, 1.54) is 34.4 Å². The second-order valence-electron chi connectivity index (χ2n) is 13.0. The number of benzene rings is 4. The summed E-state index contributed by atoms with van der Waals surface area (Å²) in [6.07, 6.45) is -5.35. The fraction of sp³-hybridized carbons (Fsp3) is 0.256. The van der Waals surface area contributed by atoms with Gasteiger partial charge < -0.3 is 4.42 Å². The van der Waals surface area contributed by atoms with Crippen molar-refractivity contribution in [1.29, 1.82) is 0 Å². The van der Waals surface area contributed by atoms with E-state index in [2.05, 4.69) is 75.4 Å². The molecule has 222 valence electrons. The van der Waals surface area contributed by atoms with Crippen molar-refractivity contribution in [1.82, 2.24) is 0 Å². The number of furan rings is 1. The van der Waals surface area contributed by atoms with Crippen molar-refractivity contribution in [3.05, 3.63) is 113 Å². The summed E-state index contributed by atoms with van der Waals surface area (Å²) in [4.78, 5) is 0. The summed E-state index contributed by atoms with van der Waals surface area (Å²) in [5, 5.41) is 2.11. The lowest BCUT2D eigenvalue weighted by Gasteiger charge is -2.27. The molecule has 0 N–H and O–H groups in total. The van der Waals surface area contributed by atoms with E-state index in [1.807, 2.05) is 23.9 Å². The second-order valence-corrected chi connectivity index (χ2v) is 13.0. The molecule has 7 rings (SSSR count).